The minimum atomic E-state index is -0.0359. The van der Waals surface area contributed by atoms with Crippen molar-refractivity contribution in [1.29, 1.82) is 0 Å². The first-order valence-electron chi connectivity index (χ1n) is 6.73. The van der Waals surface area contributed by atoms with Gasteiger partial charge < -0.3 is 15.0 Å². The highest BCUT2D eigenvalue weighted by Crippen LogP contribution is 2.12. The summed E-state index contributed by atoms with van der Waals surface area (Å²) in [5.74, 6) is 0. The van der Waals surface area contributed by atoms with Gasteiger partial charge >= 0.3 is 0 Å². The minimum Gasteiger partial charge on any atom is -0.394 e. The lowest BCUT2D eigenvalue weighted by Crippen LogP contribution is -2.25. The fourth-order valence-corrected chi connectivity index (χ4v) is 2.14. The zero-order valence-corrected chi connectivity index (χ0v) is 11.3. The summed E-state index contributed by atoms with van der Waals surface area (Å²) < 4.78 is 2.15. The van der Waals surface area contributed by atoms with Crippen molar-refractivity contribution in [2.75, 3.05) is 6.61 Å². The molecular weight excluding hydrogens is 238 g/mol. The topological polar surface area (TPSA) is 50.1 Å². The van der Waals surface area contributed by atoms with Gasteiger partial charge in [-0.2, -0.15) is 0 Å². The number of benzene rings is 1. The third-order valence-corrected chi connectivity index (χ3v) is 3.18. The first-order valence-corrected chi connectivity index (χ1v) is 6.73. The standard InChI is InChI=1S/C15H21N3O/c1-2-8-18-12-16-9-14(18)10-17-15(11-19)13-6-4-3-5-7-13/h3-7,9,12,15,17,19H,2,8,10-11H2,1H3/t15-/m0/s1. The van der Waals surface area contributed by atoms with E-state index in [4.69, 9.17) is 0 Å². The lowest BCUT2D eigenvalue weighted by molar-refractivity contribution is 0.243. The zero-order valence-electron chi connectivity index (χ0n) is 11.3. The van der Waals surface area contributed by atoms with E-state index < -0.39 is 0 Å². The third kappa shape index (κ3) is 3.66. The highest BCUT2D eigenvalue weighted by atomic mass is 16.3. The maximum atomic E-state index is 9.50. The molecule has 0 bridgehead atoms. The van der Waals surface area contributed by atoms with Crippen molar-refractivity contribution < 1.29 is 5.11 Å². The number of aromatic nitrogens is 2. The Balaban J connectivity index is 1.98. The third-order valence-electron chi connectivity index (χ3n) is 3.18. The Hall–Kier alpha value is -1.65. The van der Waals surface area contributed by atoms with Crippen molar-refractivity contribution in [3.05, 3.63) is 54.1 Å². The van der Waals surface area contributed by atoms with Gasteiger partial charge in [-0.05, 0) is 12.0 Å². The normalized spacial score (nSPS) is 12.5. The van der Waals surface area contributed by atoms with Gasteiger partial charge in [0, 0.05) is 19.3 Å². The highest BCUT2D eigenvalue weighted by molar-refractivity contribution is 5.19. The molecule has 0 amide bonds. The summed E-state index contributed by atoms with van der Waals surface area (Å²) in [6.45, 7) is 3.93. The Labute approximate surface area is 114 Å². The number of hydrogen-bond acceptors (Lipinski definition) is 3. The van der Waals surface area contributed by atoms with Crippen LogP contribution in [-0.4, -0.2) is 21.3 Å². The molecule has 0 aliphatic carbocycles. The lowest BCUT2D eigenvalue weighted by atomic mass is 10.1. The smallest absolute Gasteiger partial charge is 0.0948 e. The van der Waals surface area contributed by atoms with Gasteiger partial charge in [0.05, 0.1) is 24.7 Å². The van der Waals surface area contributed by atoms with Crippen LogP contribution in [0, 0.1) is 0 Å². The summed E-state index contributed by atoms with van der Waals surface area (Å²) in [6.07, 6.45) is 4.82. The molecule has 2 rings (SSSR count). The molecule has 0 aliphatic rings. The van der Waals surface area contributed by atoms with E-state index in [1.165, 1.54) is 0 Å². The van der Waals surface area contributed by atoms with Crippen molar-refractivity contribution in [2.45, 2.75) is 32.5 Å². The van der Waals surface area contributed by atoms with Crippen LogP contribution in [0.15, 0.2) is 42.9 Å². The maximum Gasteiger partial charge on any atom is 0.0948 e. The summed E-state index contributed by atoms with van der Waals surface area (Å²) >= 11 is 0. The largest absolute Gasteiger partial charge is 0.394 e. The molecule has 0 fully saturated rings. The number of hydrogen-bond donors (Lipinski definition) is 2. The number of nitrogens with zero attached hydrogens (tertiary/aromatic N) is 2. The number of rotatable bonds is 7. The predicted molar refractivity (Wildman–Crippen MR) is 75.6 cm³/mol. The highest BCUT2D eigenvalue weighted by Gasteiger charge is 2.10. The fourth-order valence-electron chi connectivity index (χ4n) is 2.14. The first kappa shape index (κ1) is 13.8. The van der Waals surface area contributed by atoms with Gasteiger partial charge in [-0.3, -0.25) is 0 Å². The van der Waals surface area contributed by atoms with E-state index in [2.05, 4.69) is 21.8 Å². The van der Waals surface area contributed by atoms with Gasteiger partial charge in [-0.25, -0.2) is 4.98 Å². The van der Waals surface area contributed by atoms with E-state index in [-0.39, 0.29) is 12.6 Å². The van der Waals surface area contributed by atoms with Gasteiger partial charge in [0.2, 0.25) is 0 Å². The molecule has 1 atom stereocenters. The molecule has 0 radical (unpaired) electrons. The van der Waals surface area contributed by atoms with Crippen LogP contribution in [0.1, 0.15) is 30.6 Å². The average Bonchev–Trinajstić information content (AvgIpc) is 2.89. The van der Waals surface area contributed by atoms with Crippen LogP contribution in [0.4, 0.5) is 0 Å². The second-order valence-corrected chi connectivity index (χ2v) is 4.61. The maximum absolute atomic E-state index is 9.50. The van der Waals surface area contributed by atoms with E-state index in [1.807, 2.05) is 42.9 Å². The fraction of sp³-hybridized carbons (Fsp3) is 0.400. The molecule has 0 saturated carbocycles. The van der Waals surface area contributed by atoms with E-state index in [1.54, 1.807) is 0 Å². The van der Waals surface area contributed by atoms with Gasteiger partial charge in [0.15, 0.2) is 0 Å². The van der Waals surface area contributed by atoms with E-state index in [0.29, 0.717) is 6.54 Å². The van der Waals surface area contributed by atoms with Gasteiger partial charge in [0.25, 0.3) is 0 Å². The van der Waals surface area contributed by atoms with E-state index >= 15 is 0 Å². The molecule has 0 unspecified atom stereocenters. The molecule has 0 saturated heterocycles. The van der Waals surface area contributed by atoms with Crippen LogP contribution < -0.4 is 5.32 Å². The quantitative estimate of drug-likeness (QED) is 0.800. The Morgan fingerprint density at radius 3 is 2.79 bits per heavy atom. The molecule has 1 aromatic carbocycles. The Morgan fingerprint density at radius 1 is 1.32 bits per heavy atom. The molecule has 4 heteroatoms. The number of aliphatic hydroxyl groups is 1. The molecule has 2 N–H and O–H groups in total. The Kier molecular flexibility index (Phi) is 5.12. The summed E-state index contributed by atoms with van der Waals surface area (Å²) in [7, 11) is 0. The molecule has 102 valence electrons. The zero-order chi connectivity index (χ0) is 13.5. The van der Waals surface area contributed by atoms with Crippen LogP contribution >= 0.6 is 0 Å². The van der Waals surface area contributed by atoms with Crippen molar-refractivity contribution in [2.24, 2.45) is 0 Å². The van der Waals surface area contributed by atoms with Gasteiger partial charge in [-0.1, -0.05) is 37.3 Å². The van der Waals surface area contributed by atoms with Gasteiger partial charge in [0.1, 0.15) is 0 Å². The number of aryl methyl sites for hydroxylation is 1. The molecule has 4 nitrogen and oxygen atoms in total. The van der Waals surface area contributed by atoms with Crippen LogP contribution in [0.3, 0.4) is 0 Å². The molecule has 19 heavy (non-hydrogen) atoms. The van der Waals surface area contributed by atoms with E-state index in [9.17, 15) is 5.11 Å². The summed E-state index contributed by atoms with van der Waals surface area (Å²) in [5, 5.41) is 12.9. The van der Waals surface area contributed by atoms with Crippen molar-refractivity contribution in [3.63, 3.8) is 0 Å². The summed E-state index contributed by atoms with van der Waals surface area (Å²) in [4.78, 5) is 4.18. The predicted octanol–water partition coefficient (Wildman–Crippen LogP) is 2.12. The number of nitrogens with one attached hydrogen (secondary N) is 1. The molecule has 2 aromatic rings. The average molecular weight is 259 g/mol. The van der Waals surface area contributed by atoms with Crippen LogP contribution in [0.25, 0.3) is 0 Å². The van der Waals surface area contributed by atoms with Crippen molar-refractivity contribution >= 4 is 0 Å². The second kappa shape index (κ2) is 7.07. The van der Waals surface area contributed by atoms with Gasteiger partial charge in [-0.15, -0.1) is 0 Å². The van der Waals surface area contributed by atoms with Crippen LogP contribution in [-0.2, 0) is 13.1 Å². The lowest BCUT2D eigenvalue weighted by Gasteiger charge is -2.17. The Morgan fingerprint density at radius 2 is 2.11 bits per heavy atom. The molecule has 0 spiro atoms. The summed E-state index contributed by atoms with van der Waals surface area (Å²) in [5.41, 5.74) is 2.25. The molecule has 1 heterocycles. The number of aliphatic hydroxyl groups excluding tert-OH is 1. The minimum absolute atomic E-state index is 0.0359. The van der Waals surface area contributed by atoms with Crippen molar-refractivity contribution in [1.82, 2.24) is 14.9 Å². The number of imidazole rings is 1. The van der Waals surface area contributed by atoms with Crippen LogP contribution in [0.2, 0.25) is 0 Å². The monoisotopic (exact) mass is 259 g/mol. The SMILES string of the molecule is CCCn1cncc1CN[C@@H](CO)c1ccccc1. The van der Waals surface area contributed by atoms with E-state index in [0.717, 1.165) is 24.2 Å². The first-order chi connectivity index (χ1) is 9.35. The second-order valence-electron chi connectivity index (χ2n) is 4.61. The molecule has 0 aliphatic heterocycles. The Bertz CT molecular complexity index is 481. The summed E-state index contributed by atoms with van der Waals surface area (Å²) in [6, 6.07) is 9.97. The molecule has 1 aromatic heterocycles. The van der Waals surface area contributed by atoms with Crippen LogP contribution in [0.5, 0.6) is 0 Å². The molecular formula is C15H21N3O. The van der Waals surface area contributed by atoms with Crippen molar-refractivity contribution in [3.8, 4) is 0 Å².